The fourth-order valence-electron chi connectivity index (χ4n) is 2.70. The highest BCUT2D eigenvalue weighted by molar-refractivity contribution is 7.99. The molecule has 0 radical (unpaired) electrons. The third-order valence-corrected chi connectivity index (χ3v) is 5.05. The number of benzene rings is 2. The zero-order valence-electron chi connectivity index (χ0n) is 16.1. The first-order valence-electron chi connectivity index (χ1n) is 8.53. The zero-order chi connectivity index (χ0) is 20.1. The second kappa shape index (κ2) is 8.75. The van der Waals surface area contributed by atoms with Crippen molar-refractivity contribution in [3.8, 4) is 17.2 Å². The molecule has 1 aromatic heterocycles. The lowest BCUT2D eigenvalue weighted by Crippen LogP contribution is -2.16. The van der Waals surface area contributed by atoms with Gasteiger partial charge in [-0.25, -0.2) is 0 Å². The number of aromatic nitrogens is 4. The lowest BCUT2D eigenvalue weighted by molar-refractivity contribution is -0.113. The summed E-state index contributed by atoms with van der Waals surface area (Å²) in [5.41, 5.74) is 3.53. The Morgan fingerprint density at radius 3 is 2.57 bits per heavy atom. The van der Waals surface area contributed by atoms with Gasteiger partial charge < -0.3 is 14.8 Å². The highest BCUT2D eigenvalue weighted by Gasteiger charge is 2.16. The normalized spacial score (nSPS) is 10.6. The number of para-hydroxylation sites is 1. The molecule has 0 aliphatic heterocycles. The van der Waals surface area contributed by atoms with E-state index in [0.29, 0.717) is 22.3 Å². The van der Waals surface area contributed by atoms with E-state index < -0.39 is 0 Å². The average Bonchev–Trinajstić information content (AvgIpc) is 3.17. The number of hydrogen-bond donors (Lipinski definition) is 1. The van der Waals surface area contributed by atoms with E-state index in [1.165, 1.54) is 16.4 Å². The molecule has 0 bridgehead atoms. The van der Waals surface area contributed by atoms with Crippen LogP contribution in [0.5, 0.6) is 11.5 Å². The van der Waals surface area contributed by atoms with Crippen LogP contribution in [0.25, 0.3) is 5.69 Å². The summed E-state index contributed by atoms with van der Waals surface area (Å²) < 4.78 is 12.2. The van der Waals surface area contributed by atoms with Crippen LogP contribution in [0.2, 0.25) is 0 Å². The standard InChI is InChI=1S/C19H21N5O3S/c1-12-6-5-7-13(2)18(12)20-17(25)11-28-19-21-22-23-24(19)15-9-8-14(26-3)10-16(15)27-4/h5-10H,11H2,1-4H3,(H,20,25). The van der Waals surface area contributed by atoms with Gasteiger partial charge in [-0.1, -0.05) is 30.0 Å². The Balaban J connectivity index is 1.74. The first-order valence-corrected chi connectivity index (χ1v) is 9.51. The van der Waals surface area contributed by atoms with Crippen LogP contribution in [0.4, 0.5) is 5.69 Å². The summed E-state index contributed by atoms with van der Waals surface area (Å²) in [7, 11) is 3.15. The predicted molar refractivity (Wildman–Crippen MR) is 108 cm³/mol. The van der Waals surface area contributed by atoms with Crippen molar-refractivity contribution in [3.05, 3.63) is 47.5 Å². The Morgan fingerprint density at radius 1 is 1.14 bits per heavy atom. The van der Waals surface area contributed by atoms with E-state index in [9.17, 15) is 4.79 Å². The Labute approximate surface area is 167 Å². The number of rotatable bonds is 7. The van der Waals surface area contributed by atoms with Gasteiger partial charge in [0.05, 0.1) is 20.0 Å². The lowest BCUT2D eigenvalue weighted by Gasteiger charge is -2.12. The number of nitrogens with one attached hydrogen (secondary N) is 1. The Kier molecular flexibility index (Phi) is 6.15. The molecule has 0 fully saturated rings. The van der Waals surface area contributed by atoms with Gasteiger partial charge in [-0.3, -0.25) is 4.79 Å². The van der Waals surface area contributed by atoms with E-state index in [0.717, 1.165) is 16.8 Å². The van der Waals surface area contributed by atoms with Gasteiger partial charge in [0.15, 0.2) is 0 Å². The Bertz CT molecular complexity index is 969. The highest BCUT2D eigenvalue weighted by atomic mass is 32.2. The Morgan fingerprint density at radius 2 is 1.89 bits per heavy atom. The van der Waals surface area contributed by atoms with Gasteiger partial charge in [0.1, 0.15) is 17.2 Å². The van der Waals surface area contributed by atoms with Gasteiger partial charge in [0.2, 0.25) is 11.1 Å². The second-order valence-corrected chi connectivity index (χ2v) is 6.96. The molecule has 2 aromatic carbocycles. The largest absolute Gasteiger partial charge is 0.497 e. The maximum atomic E-state index is 12.4. The molecule has 8 nitrogen and oxygen atoms in total. The first kappa shape index (κ1) is 19.7. The molecule has 0 spiro atoms. The number of hydrogen-bond acceptors (Lipinski definition) is 7. The van der Waals surface area contributed by atoms with Gasteiger partial charge in [-0.15, -0.1) is 5.10 Å². The third-order valence-electron chi connectivity index (χ3n) is 4.13. The monoisotopic (exact) mass is 399 g/mol. The van der Waals surface area contributed by atoms with Gasteiger partial charge in [0, 0.05) is 11.8 Å². The number of carbonyl (C=O) groups is 1. The number of nitrogens with zero attached hydrogens (tertiary/aromatic N) is 4. The maximum absolute atomic E-state index is 12.4. The second-order valence-electron chi connectivity index (χ2n) is 6.01. The Hall–Kier alpha value is -3.07. The summed E-state index contributed by atoms with van der Waals surface area (Å²) in [6, 6.07) is 11.2. The van der Waals surface area contributed by atoms with E-state index in [1.54, 1.807) is 32.4 Å². The van der Waals surface area contributed by atoms with Crippen molar-refractivity contribution in [2.24, 2.45) is 0 Å². The first-order chi connectivity index (χ1) is 13.5. The number of tetrazole rings is 1. The minimum atomic E-state index is -0.126. The number of thioether (sulfide) groups is 1. The lowest BCUT2D eigenvalue weighted by atomic mass is 10.1. The SMILES string of the molecule is COc1ccc(-n2nnnc2SCC(=O)Nc2c(C)cccc2C)c(OC)c1. The molecule has 3 rings (SSSR count). The summed E-state index contributed by atoms with van der Waals surface area (Å²) in [5.74, 6) is 1.27. The van der Waals surface area contributed by atoms with Crippen molar-refractivity contribution in [2.45, 2.75) is 19.0 Å². The predicted octanol–water partition coefficient (Wildman–Crippen LogP) is 3.03. The van der Waals surface area contributed by atoms with Crippen molar-refractivity contribution in [1.29, 1.82) is 0 Å². The number of anilines is 1. The molecular weight excluding hydrogens is 378 g/mol. The topological polar surface area (TPSA) is 91.2 Å². The molecule has 3 aromatic rings. The van der Waals surface area contributed by atoms with E-state index in [-0.39, 0.29) is 11.7 Å². The minimum absolute atomic E-state index is 0.126. The molecule has 0 aliphatic rings. The molecular formula is C19H21N5O3S. The van der Waals surface area contributed by atoms with Crippen LogP contribution >= 0.6 is 11.8 Å². The van der Waals surface area contributed by atoms with Crippen LogP contribution in [0, 0.1) is 13.8 Å². The summed E-state index contributed by atoms with van der Waals surface area (Å²) in [4.78, 5) is 12.4. The van der Waals surface area contributed by atoms with Crippen LogP contribution in [0.1, 0.15) is 11.1 Å². The molecule has 1 heterocycles. The molecule has 0 saturated heterocycles. The van der Waals surface area contributed by atoms with Crippen molar-refractivity contribution in [2.75, 3.05) is 25.3 Å². The summed E-state index contributed by atoms with van der Waals surface area (Å²) in [6.07, 6.45) is 0. The summed E-state index contributed by atoms with van der Waals surface area (Å²) in [6.45, 7) is 3.93. The maximum Gasteiger partial charge on any atom is 0.234 e. The van der Waals surface area contributed by atoms with E-state index >= 15 is 0 Å². The molecule has 0 unspecified atom stereocenters. The molecule has 1 amide bonds. The fraction of sp³-hybridized carbons (Fsp3) is 0.263. The van der Waals surface area contributed by atoms with Crippen LogP contribution in [-0.2, 0) is 4.79 Å². The summed E-state index contributed by atoms with van der Waals surface area (Å²) >= 11 is 1.24. The third kappa shape index (κ3) is 4.25. The molecule has 28 heavy (non-hydrogen) atoms. The van der Waals surface area contributed by atoms with Crippen LogP contribution in [0.15, 0.2) is 41.6 Å². The van der Waals surface area contributed by atoms with Crippen LogP contribution in [-0.4, -0.2) is 46.1 Å². The van der Waals surface area contributed by atoms with Gasteiger partial charge in [-0.05, 0) is 47.5 Å². The molecule has 0 atom stereocenters. The average molecular weight is 399 g/mol. The number of ether oxygens (including phenoxy) is 2. The molecule has 146 valence electrons. The highest BCUT2D eigenvalue weighted by Crippen LogP contribution is 2.30. The molecule has 0 aliphatic carbocycles. The molecule has 9 heteroatoms. The van der Waals surface area contributed by atoms with Crippen molar-refractivity contribution in [3.63, 3.8) is 0 Å². The molecule has 1 N–H and O–H groups in total. The number of carbonyl (C=O) groups excluding carboxylic acids is 1. The molecule has 0 saturated carbocycles. The van der Waals surface area contributed by atoms with Gasteiger partial charge in [0.25, 0.3) is 0 Å². The van der Waals surface area contributed by atoms with Crippen molar-refractivity contribution in [1.82, 2.24) is 20.2 Å². The van der Waals surface area contributed by atoms with E-state index in [1.807, 2.05) is 32.0 Å². The van der Waals surface area contributed by atoms with Crippen molar-refractivity contribution >= 4 is 23.4 Å². The zero-order valence-corrected chi connectivity index (χ0v) is 16.9. The summed E-state index contributed by atoms with van der Waals surface area (Å²) in [5, 5.41) is 15.2. The number of amides is 1. The van der Waals surface area contributed by atoms with Crippen molar-refractivity contribution < 1.29 is 14.3 Å². The smallest absolute Gasteiger partial charge is 0.234 e. The quantitative estimate of drug-likeness (QED) is 0.611. The van der Waals surface area contributed by atoms with Gasteiger partial charge >= 0.3 is 0 Å². The number of aryl methyl sites for hydroxylation is 2. The van der Waals surface area contributed by atoms with Crippen LogP contribution in [0.3, 0.4) is 0 Å². The van der Waals surface area contributed by atoms with E-state index in [2.05, 4.69) is 20.8 Å². The fourth-order valence-corrected chi connectivity index (χ4v) is 3.38. The minimum Gasteiger partial charge on any atom is -0.497 e. The number of methoxy groups -OCH3 is 2. The van der Waals surface area contributed by atoms with Gasteiger partial charge in [-0.2, -0.15) is 4.68 Å². The van der Waals surface area contributed by atoms with Crippen LogP contribution < -0.4 is 14.8 Å². The van der Waals surface area contributed by atoms with E-state index in [4.69, 9.17) is 9.47 Å².